The zero-order valence-corrected chi connectivity index (χ0v) is 29.6. The van der Waals surface area contributed by atoms with E-state index in [-0.39, 0.29) is 5.91 Å². The molecule has 0 saturated carbocycles. The van der Waals surface area contributed by atoms with E-state index >= 15 is 0 Å². The first kappa shape index (κ1) is 31.8. The molecule has 2 atom stereocenters. The van der Waals surface area contributed by atoms with Crippen LogP contribution in [0.3, 0.4) is 0 Å². The van der Waals surface area contributed by atoms with E-state index in [4.69, 9.17) is 14.5 Å². The summed E-state index contributed by atoms with van der Waals surface area (Å²) in [5.41, 5.74) is 8.45. The average Bonchev–Trinajstić information content (AvgIpc) is 3.43. The first-order valence-electron chi connectivity index (χ1n) is 16.4. The molecule has 1 saturated heterocycles. The number of nitrogens with one attached hydrogen (secondary N) is 1. The minimum Gasteiger partial charge on any atom is -0.490 e. The third-order valence-corrected chi connectivity index (χ3v) is 10.7. The molecular weight excluding hydrogens is 717 g/mol. The average molecular weight is 756 g/mol. The minimum atomic E-state index is -0.150. The van der Waals surface area contributed by atoms with E-state index in [1.165, 1.54) is 39.7 Å². The van der Waals surface area contributed by atoms with Gasteiger partial charge in [-0.2, -0.15) is 0 Å². The molecule has 1 N–H and O–H groups in total. The summed E-state index contributed by atoms with van der Waals surface area (Å²) in [5, 5.41) is 3.62. The molecule has 0 unspecified atom stereocenters. The Hall–Kier alpha value is -3.76. The Bertz CT molecular complexity index is 1770. The molecule has 4 aromatic carbocycles. The molecule has 6 nitrogen and oxygen atoms in total. The van der Waals surface area contributed by atoms with Crippen molar-refractivity contribution in [1.82, 2.24) is 5.32 Å². The number of nitrogens with zero attached hydrogens (tertiary/aromatic N) is 2. The third-order valence-electron chi connectivity index (χ3n) is 8.96. The quantitative estimate of drug-likeness (QED) is 0.136. The van der Waals surface area contributed by atoms with Crippen molar-refractivity contribution in [1.29, 1.82) is 0 Å². The Morgan fingerprint density at radius 3 is 2.15 bits per heavy atom. The SMILES string of the molecule is CCCOc1c(I)cc(/C=C2\SC(=Nc3cc4c5c(c3)[C@H](c3ccccc3)CCN5CC[C@@H]4c3ccccc3)NC2=O)cc1OCC. The number of amides is 1. The highest BCUT2D eigenvalue weighted by Gasteiger charge is 2.35. The molecule has 8 heteroatoms. The molecule has 3 aliphatic heterocycles. The second kappa shape index (κ2) is 14.2. The van der Waals surface area contributed by atoms with Crippen LogP contribution >= 0.6 is 34.4 Å². The number of carbonyl (C=O) groups excluding carboxylic acids is 1. The van der Waals surface area contributed by atoms with Gasteiger partial charge in [-0.05, 0) is 119 Å². The summed E-state index contributed by atoms with van der Waals surface area (Å²) in [7, 11) is 0. The van der Waals surface area contributed by atoms with E-state index in [9.17, 15) is 4.79 Å². The van der Waals surface area contributed by atoms with E-state index in [0.717, 1.165) is 52.9 Å². The summed E-state index contributed by atoms with van der Waals surface area (Å²) >= 11 is 3.65. The lowest BCUT2D eigenvalue weighted by Crippen LogP contribution is -2.37. The molecule has 3 aliphatic rings. The van der Waals surface area contributed by atoms with Crippen molar-refractivity contribution in [2.45, 2.75) is 44.9 Å². The third kappa shape index (κ3) is 6.67. The van der Waals surface area contributed by atoms with Gasteiger partial charge in [-0.25, -0.2) is 4.99 Å². The number of anilines is 1. The second-order valence-electron chi connectivity index (χ2n) is 12.1. The molecule has 7 rings (SSSR count). The number of ether oxygens (including phenoxy) is 2. The van der Waals surface area contributed by atoms with Crippen molar-refractivity contribution in [3.05, 3.63) is 121 Å². The molecule has 0 aliphatic carbocycles. The second-order valence-corrected chi connectivity index (χ2v) is 14.2. The Balaban J connectivity index is 1.26. The van der Waals surface area contributed by atoms with Crippen molar-refractivity contribution in [3.63, 3.8) is 0 Å². The van der Waals surface area contributed by atoms with Gasteiger partial charge in [0.05, 0.1) is 27.4 Å². The lowest BCUT2D eigenvalue weighted by Gasteiger charge is -2.43. The fourth-order valence-corrected chi connectivity index (χ4v) is 8.55. The summed E-state index contributed by atoms with van der Waals surface area (Å²) in [6.07, 6.45) is 4.95. The van der Waals surface area contributed by atoms with Crippen molar-refractivity contribution in [2.24, 2.45) is 4.99 Å². The minimum absolute atomic E-state index is 0.150. The molecule has 0 radical (unpaired) electrons. The smallest absolute Gasteiger partial charge is 0.264 e. The number of thioether (sulfide) groups is 1. The molecule has 240 valence electrons. The van der Waals surface area contributed by atoms with Crippen LogP contribution in [0.1, 0.15) is 72.8 Å². The van der Waals surface area contributed by atoms with E-state index in [1.54, 1.807) is 0 Å². The number of aliphatic imine (C=N–C) groups is 1. The van der Waals surface area contributed by atoms with Gasteiger partial charge in [-0.1, -0.05) is 67.6 Å². The maximum absolute atomic E-state index is 13.2. The maximum atomic E-state index is 13.2. The van der Waals surface area contributed by atoms with Gasteiger partial charge in [0.2, 0.25) is 0 Å². The summed E-state index contributed by atoms with van der Waals surface area (Å²) < 4.78 is 12.8. The van der Waals surface area contributed by atoms with Gasteiger partial charge in [0.1, 0.15) is 0 Å². The Labute approximate surface area is 294 Å². The number of carbonyl (C=O) groups is 1. The van der Waals surface area contributed by atoms with Crippen LogP contribution in [-0.2, 0) is 4.79 Å². The molecule has 47 heavy (non-hydrogen) atoms. The number of benzene rings is 4. The fraction of sp³-hybridized carbons (Fsp3) is 0.282. The van der Waals surface area contributed by atoms with Gasteiger partial charge < -0.3 is 19.7 Å². The molecule has 3 heterocycles. The lowest BCUT2D eigenvalue weighted by molar-refractivity contribution is -0.115. The predicted molar refractivity (Wildman–Crippen MR) is 201 cm³/mol. The molecule has 0 aromatic heterocycles. The first-order chi connectivity index (χ1) is 23.0. The molecule has 1 fully saturated rings. The van der Waals surface area contributed by atoms with Gasteiger partial charge in [0.25, 0.3) is 5.91 Å². The highest BCUT2D eigenvalue weighted by molar-refractivity contribution is 14.1. The lowest BCUT2D eigenvalue weighted by atomic mass is 9.76. The van der Waals surface area contributed by atoms with Gasteiger partial charge in [-0.15, -0.1) is 0 Å². The Morgan fingerprint density at radius 1 is 0.915 bits per heavy atom. The van der Waals surface area contributed by atoms with Gasteiger partial charge >= 0.3 is 0 Å². The summed E-state index contributed by atoms with van der Waals surface area (Å²) in [6, 6.07) is 30.1. The van der Waals surface area contributed by atoms with E-state index in [0.29, 0.717) is 40.9 Å². The number of rotatable bonds is 9. The molecule has 0 bridgehead atoms. The summed E-state index contributed by atoms with van der Waals surface area (Å²) in [4.78, 5) is 21.5. The predicted octanol–water partition coefficient (Wildman–Crippen LogP) is 9.25. The van der Waals surface area contributed by atoms with Gasteiger partial charge in [-0.3, -0.25) is 4.79 Å². The normalized spacial score (nSPS) is 20.3. The number of amidine groups is 1. The standard InChI is InChI=1S/C39H38IN3O3S/c1-3-19-46-37-33(40)20-25(21-34(37)45-4-2)22-35-38(44)42-39(47-35)41-28-23-31-29(26-11-7-5-8-12-26)15-17-43-18-16-30(32(24-28)36(31)43)27-13-9-6-10-14-27/h5-14,20-24,29-30H,3-4,15-19H2,1-2H3,(H,41,42,44)/b35-22-/t29-,30+. The van der Waals surface area contributed by atoms with E-state index < -0.39 is 0 Å². The largest absolute Gasteiger partial charge is 0.490 e. The molecule has 4 aromatic rings. The van der Waals surface area contributed by atoms with Crippen LogP contribution in [0.15, 0.2) is 94.8 Å². The van der Waals surface area contributed by atoms with Crippen LogP contribution in [-0.4, -0.2) is 37.4 Å². The molecule has 1 amide bonds. The zero-order chi connectivity index (χ0) is 32.3. The summed E-state index contributed by atoms with van der Waals surface area (Å²) in [6.45, 7) is 7.28. The van der Waals surface area contributed by atoms with E-state index in [1.807, 2.05) is 25.1 Å². The number of hydrogen-bond acceptors (Lipinski definition) is 6. The van der Waals surface area contributed by atoms with Crippen molar-refractivity contribution in [2.75, 3.05) is 31.2 Å². The highest BCUT2D eigenvalue weighted by Crippen LogP contribution is 2.50. The van der Waals surface area contributed by atoms with Crippen molar-refractivity contribution < 1.29 is 14.3 Å². The summed E-state index contributed by atoms with van der Waals surface area (Å²) in [5.74, 6) is 1.88. The Morgan fingerprint density at radius 2 is 1.55 bits per heavy atom. The molecule has 0 spiro atoms. The van der Waals surface area contributed by atoms with Crippen LogP contribution in [0.25, 0.3) is 6.08 Å². The van der Waals surface area contributed by atoms with Crippen LogP contribution < -0.4 is 19.7 Å². The number of hydrogen-bond donors (Lipinski definition) is 1. The maximum Gasteiger partial charge on any atom is 0.264 e. The number of halogens is 1. The van der Waals surface area contributed by atoms with Crippen LogP contribution in [0.2, 0.25) is 0 Å². The monoisotopic (exact) mass is 755 g/mol. The van der Waals surface area contributed by atoms with Gasteiger partial charge in [0.15, 0.2) is 16.7 Å². The van der Waals surface area contributed by atoms with E-state index in [2.05, 4.69) is 113 Å². The fourth-order valence-electron chi connectivity index (χ4n) is 6.93. The van der Waals surface area contributed by atoms with Crippen LogP contribution in [0.4, 0.5) is 11.4 Å². The first-order valence-corrected chi connectivity index (χ1v) is 18.3. The highest BCUT2D eigenvalue weighted by atomic mass is 127. The van der Waals surface area contributed by atoms with Crippen molar-refractivity contribution in [3.8, 4) is 11.5 Å². The molecular formula is C39H38IN3O3S. The van der Waals surface area contributed by atoms with Crippen molar-refractivity contribution >= 4 is 62.9 Å². The van der Waals surface area contributed by atoms with Crippen LogP contribution in [0.5, 0.6) is 11.5 Å². The van der Waals surface area contributed by atoms with Gasteiger partial charge in [0, 0.05) is 30.6 Å². The Kier molecular flexibility index (Phi) is 9.58. The zero-order valence-electron chi connectivity index (χ0n) is 26.7. The van der Waals surface area contributed by atoms with Crippen LogP contribution in [0, 0.1) is 3.57 Å². The topological polar surface area (TPSA) is 63.2 Å².